The van der Waals surface area contributed by atoms with E-state index in [4.69, 9.17) is 8.85 Å². The van der Waals surface area contributed by atoms with Crippen LogP contribution in [-0.4, -0.2) is 10.0 Å². The van der Waals surface area contributed by atoms with Crippen LogP contribution in [0.15, 0.2) is 24.3 Å². The monoisotopic (exact) mass is 136 g/mol. The van der Waals surface area contributed by atoms with E-state index in [0.717, 1.165) is 11.5 Å². The maximum absolute atomic E-state index is 5.10. The van der Waals surface area contributed by atoms with Crippen molar-refractivity contribution in [2.75, 3.05) is 0 Å². The van der Waals surface area contributed by atoms with Gasteiger partial charge in [0.2, 0.25) is 0 Å². The van der Waals surface area contributed by atoms with Crippen molar-refractivity contribution in [1.82, 2.24) is 0 Å². The molecule has 0 atom stereocenters. The van der Waals surface area contributed by atoms with Crippen LogP contribution in [-0.2, 0) is 0 Å². The second-order valence-electron chi connectivity index (χ2n) is 1.73. The van der Waals surface area contributed by atoms with Crippen LogP contribution in [0, 0.1) is 0 Å². The van der Waals surface area contributed by atoms with Gasteiger partial charge in [0.25, 0.3) is 0 Å². The summed E-state index contributed by atoms with van der Waals surface area (Å²) in [6.45, 7) is 0. The molecule has 9 heavy (non-hydrogen) atoms. The van der Waals surface area contributed by atoms with Gasteiger partial charge in [-0.05, 0) is 12.1 Å². The smallest absolute Gasteiger partial charge is 0.505 e. The van der Waals surface area contributed by atoms with Gasteiger partial charge in [0.15, 0.2) is 0 Å². The average molecular weight is 136 g/mol. The molecule has 0 amide bonds. The Morgan fingerprint density at radius 2 is 1.56 bits per heavy atom. The van der Waals surface area contributed by atoms with Crippen LogP contribution in [0.2, 0.25) is 0 Å². The van der Waals surface area contributed by atoms with Crippen molar-refractivity contribution in [1.29, 1.82) is 0 Å². The predicted molar refractivity (Wildman–Crippen MR) is 33.5 cm³/mol. The molecular formula is C6H4O2Si. The van der Waals surface area contributed by atoms with Gasteiger partial charge in [-0.1, -0.05) is 12.1 Å². The van der Waals surface area contributed by atoms with Crippen LogP contribution in [0.4, 0.5) is 0 Å². The lowest BCUT2D eigenvalue weighted by molar-refractivity contribution is 0.541. The van der Waals surface area contributed by atoms with Crippen LogP contribution >= 0.6 is 0 Å². The first kappa shape index (κ1) is 4.87. The SMILES string of the molecule is c1ccc2c(c1)O[Si]O2. The first-order valence-corrected chi connectivity index (χ1v) is 3.46. The normalized spacial score (nSPS) is 13.8. The number of benzene rings is 1. The number of para-hydroxylation sites is 2. The zero-order chi connectivity index (χ0) is 6.10. The first-order valence-electron chi connectivity index (χ1n) is 2.64. The highest BCUT2D eigenvalue weighted by Crippen LogP contribution is 2.29. The van der Waals surface area contributed by atoms with Gasteiger partial charge in [-0.2, -0.15) is 0 Å². The molecule has 0 aliphatic carbocycles. The quantitative estimate of drug-likeness (QED) is 0.495. The highest BCUT2D eigenvalue weighted by atomic mass is 28.3. The molecule has 0 saturated heterocycles. The average Bonchev–Trinajstić information content (AvgIpc) is 2.33. The summed E-state index contributed by atoms with van der Waals surface area (Å²) in [5.74, 6) is 1.71. The fourth-order valence-corrected chi connectivity index (χ4v) is 1.29. The van der Waals surface area contributed by atoms with Crippen molar-refractivity contribution >= 4 is 10.0 Å². The topological polar surface area (TPSA) is 18.5 Å². The van der Waals surface area contributed by atoms with Crippen molar-refractivity contribution < 1.29 is 8.85 Å². The molecule has 44 valence electrons. The molecule has 1 aliphatic heterocycles. The van der Waals surface area contributed by atoms with E-state index in [9.17, 15) is 0 Å². The van der Waals surface area contributed by atoms with Crippen molar-refractivity contribution in [3.63, 3.8) is 0 Å². The van der Waals surface area contributed by atoms with E-state index in [0.29, 0.717) is 0 Å². The maximum Gasteiger partial charge on any atom is 0.610 e. The molecule has 1 aromatic rings. The van der Waals surface area contributed by atoms with Gasteiger partial charge in [0.1, 0.15) is 11.5 Å². The van der Waals surface area contributed by atoms with E-state index in [-0.39, 0.29) is 10.0 Å². The fraction of sp³-hybridized carbons (Fsp3) is 0. The molecule has 1 aromatic carbocycles. The van der Waals surface area contributed by atoms with Crippen LogP contribution in [0.3, 0.4) is 0 Å². The van der Waals surface area contributed by atoms with Crippen LogP contribution in [0.25, 0.3) is 0 Å². The highest BCUT2D eigenvalue weighted by Gasteiger charge is 2.13. The minimum atomic E-state index is 0.146. The molecule has 0 fully saturated rings. The number of hydrogen-bond donors (Lipinski definition) is 0. The third kappa shape index (κ3) is 0.694. The van der Waals surface area contributed by atoms with Gasteiger partial charge < -0.3 is 8.85 Å². The van der Waals surface area contributed by atoms with E-state index < -0.39 is 0 Å². The van der Waals surface area contributed by atoms with Crippen molar-refractivity contribution in [3.8, 4) is 11.5 Å². The Hall–Kier alpha value is -0.963. The fourth-order valence-electron chi connectivity index (χ4n) is 0.729. The van der Waals surface area contributed by atoms with Crippen LogP contribution < -0.4 is 8.85 Å². The Bertz CT molecular complexity index is 201. The van der Waals surface area contributed by atoms with Crippen molar-refractivity contribution in [2.24, 2.45) is 0 Å². The molecule has 0 unspecified atom stereocenters. The van der Waals surface area contributed by atoms with Crippen molar-refractivity contribution in [3.05, 3.63) is 24.3 Å². The molecule has 1 heterocycles. The number of fused-ring (bicyclic) bond motifs is 1. The molecule has 2 radical (unpaired) electrons. The van der Waals surface area contributed by atoms with Gasteiger partial charge in [0.05, 0.1) is 0 Å². The molecule has 0 N–H and O–H groups in total. The van der Waals surface area contributed by atoms with E-state index in [2.05, 4.69) is 0 Å². The van der Waals surface area contributed by atoms with Gasteiger partial charge >= 0.3 is 10.0 Å². The summed E-state index contributed by atoms with van der Waals surface area (Å²) in [5, 5.41) is 0. The van der Waals surface area contributed by atoms with Gasteiger partial charge in [-0.3, -0.25) is 0 Å². The molecule has 3 heteroatoms. The van der Waals surface area contributed by atoms with Gasteiger partial charge in [-0.25, -0.2) is 0 Å². The second-order valence-corrected chi connectivity index (χ2v) is 2.31. The minimum absolute atomic E-state index is 0.146. The molecule has 0 spiro atoms. The molecule has 2 rings (SSSR count). The lowest BCUT2D eigenvalue weighted by Gasteiger charge is -1.91. The molecule has 1 aliphatic rings. The van der Waals surface area contributed by atoms with E-state index in [1.165, 1.54) is 0 Å². The predicted octanol–water partition coefficient (Wildman–Crippen LogP) is 0.992. The minimum Gasteiger partial charge on any atom is -0.505 e. The summed E-state index contributed by atoms with van der Waals surface area (Å²) >= 11 is 0. The largest absolute Gasteiger partial charge is 0.610 e. The molecule has 0 saturated carbocycles. The van der Waals surface area contributed by atoms with E-state index in [1.807, 2.05) is 24.3 Å². The third-order valence-corrected chi connectivity index (χ3v) is 1.76. The summed E-state index contributed by atoms with van der Waals surface area (Å²) in [5.41, 5.74) is 0. The van der Waals surface area contributed by atoms with E-state index in [1.54, 1.807) is 0 Å². The zero-order valence-corrected chi connectivity index (χ0v) is 5.63. The Kier molecular flexibility index (Phi) is 0.958. The number of hydrogen-bond acceptors (Lipinski definition) is 2. The first-order chi connectivity index (χ1) is 4.47. The summed E-state index contributed by atoms with van der Waals surface area (Å²) in [7, 11) is 0.146. The Morgan fingerprint density at radius 1 is 1.00 bits per heavy atom. The number of rotatable bonds is 0. The molecule has 2 nitrogen and oxygen atoms in total. The van der Waals surface area contributed by atoms with Gasteiger partial charge in [-0.15, -0.1) is 0 Å². The molecule has 0 bridgehead atoms. The molecule has 0 aromatic heterocycles. The Morgan fingerprint density at radius 3 is 2.11 bits per heavy atom. The van der Waals surface area contributed by atoms with Gasteiger partial charge in [0, 0.05) is 0 Å². The Balaban J connectivity index is 2.54. The summed E-state index contributed by atoms with van der Waals surface area (Å²) < 4.78 is 10.2. The second kappa shape index (κ2) is 1.77. The zero-order valence-electron chi connectivity index (χ0n) is 4.63. The van der Waals surface area contributed by atoms with E-state index >= 15 is 0 Å². The Labute approximate surface area is 55.5 Å². The highest BCUT2D eigenvalue weighted by molar-refractivity contribution is 6.22. The summed E-state index contributed by atoms with van der Waals surface area (Å²) in [6, 6.07) is 7.65. The van der Waals surface area contributed by atoms with Crippen LogP contribution in [0.5, 0.6) is 11.5 Å². The van der Waals surface area contributed by atoms with Crippen molar-refractivity contribution in [2.45, 2.75) is 0 Å². The maximum atomic E-state index is 5.10. The van der Waals surface area contributed by atoms with Crippen LogP contribution in [0.1, 0.15) is 0 Å². The third-order valence-electron chi connectivity index (χ3n) is 1.15. The molecular weight excluding hydrogens is 132 g/mol. The summed E-state index contributed by atoms with van der Waals surface area (Å²) in [6.07, 6.45) is 0. The lowest BCUT2D eigenvalue weighted by atomic mass is 10.3. The lowest BCUT2D eigenvalue weighted by Crippen LogP contribution is -1.99. The standard InChI is InChI=1S/C6H4O2Si/c1-2-4-6-5(3-1)7-9-8-6/h1-4H. The summed E-state index contributed by atoms with van der Waals surface area (Å²) in [4.78, 5) is 0.